The Morgan fingerprint density at radius 2 is 1.82 bits per heavy atom. The molecule has 0 fully saturated rings. The summed E-state index contributed by atoms with van der Waals surface area (Å²) in [7, 11) is 0. The maximum absolute atomic E-state index is 12.8. The molecule has 2 N–H and O–H groups in total. The lowest BCUT2D eigenvalue weighted by Gasteiger charge is -2.12. The van der Waals surface area contributed by atoms with Crippen LogP contribution in [-0.4, -0.2) is 23.3 Å². The molecule has 0 saturated heterocycles. The summed E-state index contributed by atoms with van der Waals surface area (Å²) < 4.78 is 12.8. The summed E-state index contributed by atoms with van der Waals surface area (Å²) in [4.78, 5) is 12.8. The minimum atomic E-state index is -0.839. The van der Waals surface area contributed by atoms with Crippen molar-refractivity contribution in [3.05, 3.63) is 65.5 Å². The van der Waals surface area contributed by atoms with Crippen molar-refractivity contribution in [2.75, 3.05) is 12.3 Å². The first-order valence-electron chi connectivity index (χ1n) is 6.94. The quantitative estimate of drug-likeness (QED) is 0.805. The van der Waals surface area contributed by atoms with Crippen molar-refractivity contribution in [1.82, 2.24) is 5.32 Å². The molecule has 2 aromatic rings. The Labute approximate surface area is 133 Å². The van der Waals surface area contributed by atoms with Gasteiger partial charge < -0.3 is 10.4 Å². The molecule has 0 aliphatic carbocycles. The van der Waals surface area contributed by atoms with Crippen molar-refractivity contribution in [2.45, 2.75) is 17.9 Å². The monoisotopic (exact) mass is 319 g/mol. The van der Waals surface area contributed by atoms with Crippen LogP contribution < -0.4 is 5.32 Å². The highest BCUT2D eigenvalue weighted by molar-refractivity contribution is 8.00. The molecule has 0 saturated carbocycles. The number of carbonyl (C=O) groups excluding carboxylic acids is 1. The van der Waals surface area contributed by atoms with Crippen LogP contribution in [0.15, 0.2) is 53.4 Å². The van der Waals surface area contributed by atoms with Crippen molar-refractivity contribution in [2.24, 2.45) is 0 Å². The van der Waals surface area contributed by atoms with E-state index in [0.717, 1.165) is 4.90 Å². The molecule has 0 bridgehead atoms. The van der Waals surface area contributed by atoms with E-state index >= 15 is 0 Å². The second-order valence-electron chi connectivity index (χ2n) is 4.97. The molecular formula is C17H18FNO2S. The van der Waals surface area contributed by atoms with Crippen LogP contribution in [0.3, 0.4) is 0 Å². The van der Waals surface area contributed by atoms with Crippen LogP contribution in [0, 0.1) is 12.7 Å². The van der Waals surface area contributed by atoms with Crippen molar-refractivity contribution < 1.29 is 14.3 Å². The predicted molar refractivity (Wildman–Crippen MR) is 86.3 cm³/mol. The van der Waals surface area contributed by atoms with Gasteiger partial charge in [0.2, 0.25) is 5.91 Å². The van der Waals surface area contributed by atoms with Gasteiger partial charge in [-0.2, -0.15) is 0 Å². The second kappa shape index (κ2) is 7.96. The largest absolute Gasteiger partial charge is 0.387 e. The Balaban J connectivity index is 1.75. The van der Waals surface area contributed by atoms with Gasteiger partial charge in [-0.25, -0.2) is 4.39 Å². The van der Waals surface area contributed by atoms with Crippen molar-refractivity contribution in [1.29, 1.82) is 0 Å². The first kappa shape index (κ1) is 16.5. The number of hydrogen-bond acceptors (Lipinski definition) is 3. The number of hydrogen-bond donors (Lipinski definition) is 2. The van der Waals surface area contributed by atoms with E-state index < -0.39 is 6.10 Å². The molecule has 116 valence electrons. The molecule has 1 unspecified atom stereocenters. The van der Waals surface area contributed by atoms with E-state index in [1.807, 2.05) is 31.2 Å². The molecule has 3 nitrogen and oxygen atoms in total. The van der Waals surface area contributed by atoms with Crippen LogP contribution in [0.25, 0.3) is 0 Å². The fraction of sp³-hybridized carbons (Fsp3) is 0.235. The smallest absolute Gasteiger partial charge is 0.230 e. The molecule has 1 amide bonds. The van der Waals surface area contributed by atoms with Crippen molar-refractivity contribution in [3.63, 3.8) is 0 Å². The van der Waals surface area contributed by atoms with E-state index in [-0.39, 0.29) is 18.3 Å². The maximum Gasteiger partial charge on any atom is 0.230 e. The summed E-state index contributed by atoms with van der Waals surface area (Å²) in [5.74, 6) is -0.208. The lowest BCUT2D eigenvalue weighted by molar-refractivity contribution is -0.119. The Morgan fingerprint density at radius 3 is 2.45 bits per heavy atom. The van der Waals surface area contributed by atoms with E-state index in [9.17, 15) is 14.3 Å². The van der Waals surface area contributed by atoms with Crippen molar-refractivity contribution in [3.8, 4) is 0 Å². The summed E-state index contributed by atoms with van der Waals surface area (Å²) in [5, 5.41) is 12.6. The summed E-state index contributed by atoms with van der Waals surface area (Å²) in [5.41, 5.74) is 1.75. The third-order valence-corrected chi connectivity index (χ3v) is 4.15. The van der Waals surface area contributed by atoms with E-state index in [4.69, 9.17) is 0 Å². The topological polar surface area (TPSA) is 49.3 Å². The zero-order valence-electron chi connectivity index (χ0n) is 12.3. The predicted octanol–water partition coefficient (Wildman–Crippen LogP) is 3.08. The number of halogens is 1. The molecule has 0 radical (unpaired) electrons. The van der Waals surface area contributed by atoms with Gasteiger partial charge in [-0.3, -0.25) is 4.79 Å². The normalized spacial score (nSPS) is 12.0. The number of aliphatic hydroxyl groups excluding tert-OH is 1. The van der Waals surface area contributed by atoms with E-state index in [2.05, 4.69) is 5.32 Å². The number of benzene rings is 2. The number of rotatable bonds is 6. The Morgan fingerprint density at radius 1 is 1.18 bits per heavy atom. The number of carbonyl (C=O) groups is 1. The number of thioether (sulfide) groups is 1. The second-order valence-corrected chi connectivity index (χ2v) is 6.02. The van der Waals surface area contributed by atoms with E-state index in [1.165, 1.54) is 41.6 Å². The minimum Gasteiger partial charge on any atom is -0.387 e. The lowest BCUT2D eigenvalue weighted by Crippen LogP contribution is -2.29. The van der Waals surface area contributed by atoms with Gasteiger partial charge in [-0.15, -0.1) is 11.8 Å². The van der Waals surface area contributed by atoms with Crippen LogP contribution in [0.5, 0.6) is 0 Å². The molecule has 2 aromatic carbocycles. The van der Waals surface area contributed by atoms with E-state index in [0.29, 0.717) is 11.3 Å². The third kappa shape index (κ3) is 5.16. The van der Waals surface area contributed by atoms with Gasteiger partial charge in [0.05, 0.1) is 11.9 Å². The van der Waals surface area contributed by atoms with Gasteiger partial charge in [-0.1, -0.05) is 29.8 Å². The third-order valence-electron chi connectivity index (χ3n) is 3.14. The number of aliphatic hydroxyl groups is 1. The average Bonchev–Trinajstić information content (AvgIpc) is 2.52. The first-order chi connectivity index (χ1) is 10.5. The molecule has 2 rings (SSSR count). The van der Waals surface area contributed by atoms with Crippen molar-refractivity contribution >= 4 is 17.7 Å². The van der Waals surface area contributed by atoms with E-state index in [1.54, 1.807) is 0 Å². The molecule has 0 aliphatic heterocycles. The molecule has 0 aromatic heterocycles. The Bertz CT molecular complexity index is 614. The molecular weight excluding hydrogens is 301 g/mol. The van der Waals surface area contributed by atoms with Crippen LogP contribution in [-0.2, 0) is 4.79 Å². The van der Waals surface area contributed by atoms with Gasteiger partial charge in [0, 0.05) is 11.4 Å². The highest BCUT2D eigenvalue weighted by Gasteiger charge is 2.10. The lowest BCUT2D eigenvalue weighted by atomic mass is 10.1. The van der Waals surface area contributed by atoms with Gasteiger partial charge in [-0.05, 0) is 36.8 Å². The van der Waals surface area contributed by atoms with Gasteiger partial charge in [0.1, 0.15) is 5.82 Å². The zero-order chi connectivity index (χ0) is 15.9. The standard InChI is InChI=1S/C17H18FNO2S/c1-12-2-8-15(9-3-12)22-11-17(21)19-10-16(20)13-4-6-14(18)7-5-13/h2-9,16,20H,10-11H2,1H3,(H,19,21). The highest BCUT2D eigenvalue weighted by atomic mass is 32.2. The zero-order valence-corrected chi connectivity index (χ0v) is 13.1. The summed E-state index contributed by atoms with van der Waals surface area (Å²) in [6.07, 6.45) is -0.839. The number of nitrogens with one attached hydrogen (secondary N) is 1. The molecule has 5 heteroatoms. The average molecular weight is 319 g/mol. The Kier molecular flexibility index (Phi) is 5.98. The number of amides is 1. The summed E-state index contributed by atoms with van der Waals surface area (Å²) in [6.45, 7) is 2.12. The molecule has 22 heavy (non-hydrogen) atoms. The van der Waals surface area contributed by atoms with Gasteiger partial charge in [0.25, 0.3) is 0 Å². The number of aryl methyl sites for hydroxylation is 1. The maximum atomic E-state index is 12.8. The van der Waals surface area contributed by atoms with Crippen LogP contribution in [0.2, 0.25) is 0 Å². The first-order valence-corrected chi connectivity index (χ1v) is 7.93. The summed E-state index contributed by atoms with van der Waals surface area (Å²) >= 11 is 1.44. The highest BCUT2D eigenvalue weighted by Crippen LogP contribution is 2.18. The van der Waals surface area contributed by atoms with Crippen LogP contribution >= 0.6 is 11.8 Å². The minimum absolute atomic E-state index is 0.110. The van der Waals surface area contributed by atoms with Crippen LogP contribution in [0.4, 0.5) is 4.39 Å². The molecule has 0 aliphatic rings. The summed E-state index contributed by atoms with van der Waals surface area (Å²) in [6, 6.07) is 13.5. The van der Waals surface area contributed by atoms with Crippen LogP contribution in [0.1, 0.15) is 17.2 Å². The fourth-order valence-corrected chi connectivity index (χ4v) is 2.58. The van der Waals surface area contributed by atoms with Gasteiger partial charge in [0.15, 0.2) is 0 Å². The van der Waals surface area contributed by atoms with Gasteiger partial charge >= 0.3 is 0 Å². The SMILES string of the molecule is Cc1ccc(SCC(=O)NCC(O)c2ccc(F)cc2)cc1. The molecule has 1 atom stereocenters. The fourth-order valence-electron chi connectivity index (χ4n) is 1.85. The Hall–Kier alpha value is -1.85. The molecule has 0 heterocycles. The molecule has 0 spiro atoms.